The zero-order valence-corrected chi connectivity index (χ0v) is 14.0. The van der Waals surface area contributed by atoms with Crippen molar-refractivity contribution < 1.29 is 8.42 Å². The molecule has 0 fully saturated rings. The molecule has 0 aromatic heterocycles. The minimum atomic E-state index is -3.52. The molecule has 0 heterocycles. The molecule has 1 aromatic carbocycles. The van der Waals surface area contributed by atoms with Crippen molar-refractivity contribution in [2.45, 2.75) is 31.1 Å². The number of halogens is 2. The molecule has 0 bridgehead atoms. The average molecular weight is 400 g/mol. The van der Waals surface area contributed by atoms with Crippen molar-refractivity contribution in [3.8, 4) is 0 Å². The summed E-state index contributed by atoms with van der Waals surface area (Å²) < 4.78 is 27.8. The third-order valence-corrected chi connectivity index (χ3v) is 5.70. The molecule has 0 radical (unpaired) electrons. The molecule has 0 atom stereocenters. The predicted octanol–water partition coefficient (Wildman–Crippen LogP) is 3.26. The summed E-state index contributed by atoms with van der Waals surface area (Å²) >= 11 is 6.45. The van der Waals surface area contributed by atoms with Crippen molar-refractivity contribution >= 4 is 47.6 Å². The Morgan fingerprint density at radius 3 is 2.28 bits per heavy atom. The molecule has 0 aliphatic rings. The van der Waals surface area contributed by atoms with Crippen LogP contribution in [-0.4, -0.2) is 15.0 Å². The van der Waals surface area contributed by atoms with Crippen LogP contribution in [0.25, 0.3) is 0 Å². The zero-order chi connectivity index (χ0) is 13.8. The maximum atomic E-state index is 12.1. The quantitative estimate of drug-likeness (QED) is 0.569. The van der Waals surface area contributed by atoms with E-state index in [-0.39, 0.29) is 4.90 Å². The third-order valence-electron chi connectivity index (χ3n) is 2.36. The number of sulfonamides is 1. The summed E-state index contributed by atoms with van der Waals surface area (Å²) in [5.41, 5.74) is 6.13. The largest absolute Gasteiger partial charge is 0.399 e. The normalized spacial score (nSPS) is 11.7. The van der Waals surface area contributed by atoms with Crippen LogP contribution in [0.1, 0.15) is 26.2 Å². The Labute approximate surface area is 125 Å². The van der Waals surface area contributed by atoms with Crippen molar-refractivity contribution in [2.24, 2.45) is 0 Å². The van der Waals surface area contributed by atoms with Gasteiger partial charge in [0.05, 0.1) is 0 Å². The van der Waals surface area contributed by atoms with Gasteiger partial charge in [0.15, 0.2) is 0 Å². The van der Waals surface area contributed by atoms with E-state index in [0.717, 1.165) is 19.3 Å². The molecule has 0 spiro atoms. The number of nitrogens with two attached hydrogens (primary N) is 1. The van der Waals surface area contributed by atoms with E-state index >= 15 is 0 Å². The minimum Gasteiger partial charge on any atom is -0.399 e. The van der Waals surface area contributed by atoms with Crippen molar-refractivity contribution in [2.75, 3.05) is 12.3 Å². The Kier molecular flexibility index (Phi) is 6.10. The van der Waals surface area contributed by atoms with Gasteiger partial charge in [-0.05, 0) is 50.4 Å². The van der Waals surface area contributed by atoms with Crippen LogP contribution in [-0.2, 0) is 10.0 Å². The Morgan fingerprint density at radius 2 is 1.78 bits per heavy atom. The minimum absolute atomic E-state index is 0.188. The van der Waals surface area contributed by atoms with Gasteiger partial charge in [-0.25, -0.2) is 13.1 Å². The Hall–Kier alpha value is -0.110. The van der Waals surface area contributed by atoms with Gasteiger partial charge < -0.3 is 5.73 Å². The molecule has 0 saturated heterocycles. The number of rotatable bonds is 6. The van der Waals surface area contributed by atoms with Gasteiger partial charge in [-0.1, -0.05) is 19.8 Å². The number of nitrogens with one attached hydrogen (secondary N) is 1. The molecule has 0 aliphatic carbocycles. The molecule has 0 unspecified atom stereocenters. The van der Waals surface area contributed by atoms with Crippen LogP contribution in [0, 0.1) is 0 Å². The lowest BCUT2D eigenvalue weighted by molar-refractivity contribution is 0.575. The van der Waals surface area contributed by atoms with Gasteiger partial charge in [-0.2, -0.15) is 0 Å². The van der Waals surface area contributed by atoms with Crippen molar-refractivity contribution in [1.29, 1.82) is 0 Å². The SMILES string of the molecule is CCCCCNS(=O)(=O)c1c(Br)cc(N)cc1Br. The van der Waals surface area contributed by atoms with Gasteiger partial charge in [-0.3, -0.25) is 0 Å². The molecular weight excluding hydrogens is 384 g/mol. The lowest BCUT2D eigenvalue weighted by Crippen LogP contribution is -2.25. The van der Waals surface area contributed by atoms with Gasteiger partial charge in [0.1, 0.15) is 4.90 Å². The second-order valence-electron chi connectivity index (χ2n) is 3.92. The summed E-state index contributed by atoms with van der Waals surface area (Å²) in [5, 5.41) is 0. The Balaban J connectivity index is 2.92. The molecule has 102 valence electrons. The second kappa shape index (κ2) is 6.88. The number of unbranched alkanes of at least 4 members (excludes halogenated alkanes) is 2. The molecule has 4 nitrogen and oxygen atoms in total. The topological polar surface area (TPSA) is 72.2 Å². The van der Waals surface area contributed by atoms with Crippen LogP contribution >= 0.6 is 31.9 Å². The first-order valence-corrected chi connectivity index (χ1v) is 8.69. The first-order chi connectivity index (χ1) is 8.38. The molecular formula is C11H16Br2N2O2S. The van der Waals surface area contributed by atoms with Gasteiger partial charge in [0.25, 0.3) is 0 Å². The van der Waals surface area contributed by atoms with Gasteiger partial charge in [-0.15, -0.1) is 0 Å². The first-order valence-electron chi connectivity index (χ1n) is 5.62. The maximum absolute atomic E-state index is 12.1. The molecule has 0 aliphatic heterocycles. The monoisotopic (exact) mass is 398 g/mol. The van der Waals surface area contributed by atoms with Gasteiger partial charge in [0, 0.05) is 21.2 Å². The number of nitrogen functional groups attached to an aromatic ring is 1. The van der Waals surface area contributed by atoms with E-state index in [1.807, 2.05) is 0 Å². The summed E-state index contributed by atoms with van der Waals surface area (Å²) in [6, 6.07) is 3.15. The molecule has 7 heteroatoms. The summed E-state index contributed by atoms with van der Waals surface area (Å²) in [6.45, 7) is 2.51. The number of benzene rings is 1. The summed E-state index contributed by atoms with van der Waals surface area (Å²) in [7, 11) is -3.52. The highest BCUT2D eigenvalue weighted by atomic mass is 79.9. The van der Waals surface area contributed by atoms with Crippen molar-refractivity contribution in [1.82, 2.24) is 4.72 Å². The van der Waals surface area contributed by atoms with Crippen molar-refractivity contribution in [3.63, 3.8) is 0 Å². The van der Waals surface area contributed by atoms with E-state index < -0.39 is 10.0 Å². The van der Waals surface area contributed by atoms with E-state index in [0.29, 0.717) is 21.2 Å². The van der Waals surface area contributed by atoms with Gasteiger partial charge >= 0.3 is 0 Å². The molecule has 0 saturated carbocycles. The average Bonchev–Trinajstić information content (AvgIpc) is 2.22. The molecule has 1 rings (SSSR count). The van der Waals surface area contributed by atoms with Crippen LogP contribution in [0.15, 0.2) is 26.0 Å². The highest BCUT2D eigenvalue weighted by molar-refractivity contribution is 9.11. The summed E-state index contributed by atoms with van der Waals surface area (Å²) in [5.74, 6) is 0. The highest BCUT2D eigenvalue weighted by Crippen LogP contribution is 2.32. The van der Waals surface area contributed by atoms with Crippen LogP contribution < -0.4 is 10.5 Å². The summed E-state index contributed by atoms with van der Waals surface area (Å²) in [4.78, 5) is 0.188. The fourth-order valence-electron chi connectivity index (χ4n) is 1.49. The Morgan fingerprint density at radius 1 is 1.22 bits per heavy atom. The predicted molar refractivity (Wildman–Crippen MR) is 81.0 cm³/mol. The molecule has 0 amide bonds. The van der Waals surface area contributed by atoms with Crippen molar-refractivity contribution in [3.05, 3.63) is 21.1 Å². The van der Waals surface area contributed by atoms with E-state index in [1.54, 1.807) is 12.1 Å². The number of hydrogen-bond acceptors (Lipinski definition) is 3. The van der Waals surface area contributed by atoms with Crippen LogP contribution in [0.2, 0.25) is 0 Å². The number of anilines is 1. The smallest absolute Gasteiger partial charge is 0.242 e. The fraction of sp³-hybridized carbons (Fsp3) is 0.455. The van der Waals surface area contributed by atoms with Crippen LogP contribution in [0.5, 0.6) is 0 Å². The van der Waals surface area contributed by atoms with Gasteiger partial charge in [0.2, 0.25) is 10.0 Å². The summed E-state index contributed by atoms with van der Waals surface area (Å²) in [6.07, 6.45) is 2.89. The lowest BCUT2D eigenvalue weighted by Gasteiger charge is -2.11. The maximum Gasteiger partial charge on any atom is 0.242 e. The second-order valence-corrected chi connectivity index (χ2v) is 7.33. The van der Waals surface area contributed by atoms with Crippen LogP contribution in [0.4, 0.5) is 5.69 Å². The Bertz CT molecular complexity index is 495. The van der Waals surface area contributed by atoms with E-state index in [4.69, 9.17) is 5.73 Å². The van der Waals surface area contributed by atoms with E-state index in [2.05, 4.69) is 43.5 Å². The van der Waals surface area contributed by atoms with E-state index in [1.165, 1.54) is 0 Å². The zero-order valence-electron chi connectivity index (χ0n) is 10.0. The standard InChI is InChI=1S/C11H16Br2N2O2S/c1-2-3-4-5-15-18(16,17)11-9(12)6-8(14)7-10(11)13/h6-7,15H,2-5,14H2,1H3. The molecule has 1 aromatic rings. The molecule has 3 N–H and O–H groups in total. The first kappa shape index (κ1) is 15.9. The fourth-order valence-corrected chi connectivity index (χ4v) is 5.18. The highest BCUT2D eigenvalue weighted by Gasteiger charge is 2.21. The number of hydrogen-bond donors (Lipinski definition) is 2. The molecule has 18 heavy (non-hydrogen) atoms. The lowest BCUT2D eigenvalue weighted by atomic mass is 10.3. The van der Waals surface area contributed by atoms with E-state index in [9.17, 15) is 8.42 Å². The third kappa shape index (κ3) is 4.22. The van der Waals surface area contributed by atoms with Crippen LogP contribution in [0.3, 0.4) is 0 Å².